The smallest absolute Gasteiger partial charge is 0.407 e. The molecule has 33 heavy (non-hydrogen) atoms. The Balaban J connectivity index is 2.07. The number of carbonyl (C=O) groups excluding carboxylic acids is 3. The van der Waals surface area contributed by atoms with E-state index in [0.717, 1.165) is 32.1 Å². The van der Waals surface area contributed by atoms with E-state index in [-0.39, 0.29) is 23.1 Å². The second kappa shape index (κ2) is 12.8. The first-order chi connectivity index (χ1) is 15.5. The molecule has 4 N–H and O–H groups in total. The third kappa shape index (κ3) is 8.35. The first-order valence-corrected chi connectivity index (χ1v) is 13.4. The van der Waals surface area contributed by atoms with Gasteiger partial charge in [-0.3, -0.25) is 9.59 Å². The molecule has 2 rings (SSSR count). The van der Waals surface area contributed by atoms with Crippen molar-refractivity contribution in [2.45, 2.75) is 108 Å². The van der Waals surface area contributed by atoms with Crippen LogP contribution < -0.4 is 16.4 Å². The summed E-state index contributed by atoms with van der Waals surface area (Å²) in [6.07, 6.45) is 5.57. The molecule has 8 nitrogen and oxygen atoms in total. The van der Waals surface area contributed by atoms with Gasteiger partial charge >= 0.3 is 6.09 Å². The van der Waals surface area contributed by atoms with Gasteiger partial charge in [-0.15, -0.1) is 0 Å². The van der Waals surface area contributed by atoms with E-state index in [0.29, 0.717) is 38.5 Å². The highest BCUT2D eigenvalue weighted by atomic mass is 32.2. The molecule has 1 aliphatic heterocycles. The largest absolute Gasteiger partial charge is 0.450 e. The summed E-state index contributed by atoms with van der Waals surface area (Å²) >= 11 is 1.63. The van der Waals surface area contributed by atoms with Gasteiger partial charge in [0.2, 0.25) is 11.8 Å². The van der Waals surface area contributed by atoms with Crippen molar-refractivity contribution >= 4 is 29.7 Å². The zero-order valence-corrected chi connectivity index (χ0v) is 21.8. The molecule has 0 aromatic rings. The fraction of sp³-hybridized carbons (Fsp3) is 0.875. The van der Waals surface area contributed by atoms with Gasteiger partial charge in [0, 0.05) is 23.9 Å². The van der Waals surface area contributed by atoms with Crippen LogP contribution in [0, 0.1) is 5.92 Å². The van der Waals surface area contributed by atoms with Crippen molar-refractivity contribution in [3.63, 3.8) is 0 Å². The Morgan fingerprint density at radius 1 is 1.15 bits per heavy atom. The standard InChI is InChI=1S/C24H44N4O4S/c1-6-14-32-23(31)27-20(24(4,5)33-16(2)3)22(30)28-13-7-8-19(28)21(29)26-15-17-9-11-18(25)12-10-17/h16-20H,6-15,25H2,1-5H3,(H,26,29)(H,27,31)/t17-,18-,19-,20-/m0/s1. The molecule has 0 spiro atoms. The molecule has 1 saturated carbocycles. The lowest BCUT2D eigenvalue weighted by molar-refractivity contribution is -0.140. The normalized spacial score (nSPS) is 24.5. The SMILES string of the molecule is CCCOC(=O)N[C@@H](C(=O)N1CCC[C@H]1C(=O)NC[C@H]1CC[C@H](N)CC1)C(C)(C)SC(C)C. The maximum atomic E-state index is 13.7. The minimum absolute atomic E-state index is 0.0997. The molecule has 1 aliphatic carbocycles. The number of rotatable bonds is 10. The Kier molecular flexibility index (Phi) is 10.8. The number of nitrogens with one attached hydrogen (secondary N) is 2. The molecular weight excluding hydrogens is 440 g/mol. The molecule has 0 radical (unpaired) electrons. The van der Waals surface area contributed by atoms with Crippen LogP contribution in [0.3, 0.4) is 0 Å². The van der Waals surface area contributed by atoms with Crippen LogP contribution in [0.25, 0.3) is 0 Å². The van der Waals surface area contributed by atoms with Crippen LogP contribution in [0.15, 0.2) is 0 Å². The highest BCUT2D eigenvalue weighted by Gasteiger charge is 2.44. The molecule has 0 bridgehead atoms. The molecule has 3 amide bonds. The summed E-state index contributed by atoms with van der Waals surface area (Å²) in [4.78, 5) is 40.8. The van der Waals surface area contributed by atoms with Gasteiger partial charge in [0.1, 0.15) is 12.1 Å². The van der Waals surface area contributed by atoms with Gasteiger partial charge in [-0.25, -0.2) is 4.79 Å². The van der Waals surface area contributed by atoms with Crippen LogP contribution >= 0.6 is 11.8 Å². The van der Waals surface area contributed by atoms with Crippen molar-refractivity contribution in [2.75, 3.05) is 19.7 Å². The molecule has 0 aromatic carbocycles. The van der Waals surface area contributed by atoms with Crippen molar-refractivity contribution in [2.24, 2.45) is 11.7 Å². The van der Waals surface area contributed by atoms with Crippen molar-refractivity contribution in [3.05, 3.63) is 0 Å². The fourth-order valence-electron chi connectivity index (χ4n) is 4.79. The van der Waals surface area contributed by atoms with Crippen LogP contribution in [0.5, 0.6) is 0 Å². The van der Waals surface area contributed by atoms with Crippen molar-refractivity contribution in [1.29, 1.82) is 0 Å². The van der Waals surface area contributed by atoms with Crippen molar-refractivity contribution in [3.8, 4) is 0 Å². The van der Waals surface area contributed by atoms with E-state index in [4.69, 9.17) is 10.5 Å². The Morgan fingerprint density at radius 3 is 2.42 bits per heavy atom. The molecule has 0 unspecified atom stereocenters. The van der Waals surface area contributed by atoms with Gasteiger partial charge in [-0.2, -0.15) is 11.8 Å². The van der Waals surface area contributed by atoms with Crippen molar-refractivity contribution < 1.29 is 19.1 Å². The Labute approximate surface area is 203 Å². The average molecular weight is 485 g/mol. The Hall–Kier alpha value is -1.48. The number of thioether (sulfide) groups is 1. The second-order valence-corrected chi connectivity index (χ2v) is 12.4. The van der Waals surface area contributed by atoms with E-state index in [1.54, 1.807) is 16.7 Å². The summed E-state index contributed by atoms with van der Waals surface area (Å²) in [6, 6.07) is -1.01. The van der Waals surface area contributed by atoms with Gasteiger partial charge in [-0.05, 0) is 70.0 Å². The van der Waals surface area contributed by atoms with Gasteiger partial charge in [0.15, 0.2) is 0 Å². The fourth-order valence-corrected chi connectivity index (χ4v) is 6.30. The quantitative estimate of drug-likeness (QED) is 0.439. The van der Waals surface area contributed by atoms with Crippen LogP contribution in [-0.2, 0) is 14.3 Å². The zero-order chi connectivity index (χ0) is 24.6. The topological polar surface area (TPSA) is 114 Å². The minimum atomic E-state index is -0.789. The maximum Gasteiger partial charge on any atom is 0.407 e. The van der Waals surface area contributed by atoms with Crippen LogP contribution in [0.4, 0.5) is 4.79 Å². The molecule has 2 atom stereocenters. The summed E-state index contributed by atoms with van der Waals surface area (Å²) in [7, 11) is 0. The van der Waals surface area contributed by atoms with E-state index < -0.39 is 22.9 Å². The summed E-state index contributed by atoms with van der Waals surface area (Å²) in [5.74, 6) is 0.128. The van der Waals surface area contributed by atoms with Gasteiger partial charge in [0.25, 0.3) is 0 Å². The van der Waals surface area contributed by atoms with Crippen molar-refractivity contribution in [1.82, 2.24) is 15.5 Å². The number of amides is 3. The maximum absolute atomic E-state index is 13.7. The monoisotopic (exact) mass is 484 g/mol. The van der Waals surface area contributed by atoms with E-state index in [1.807, 2.05) is 20.8 Å². The lowest BCUT2D eigenvalue weighted by atomic mass is 9.86. The lowest BCUT2D eigenvalue weighted by Gasteiger charge is -2.38. The number of ether oxygens (including phenoxy) is 1. The molecule has 9 heteroatoms. The van der Waals surface area contributed by atoms with Gasteiger partial charge in [0.05, 0.1) is 6.61 Å². The molecule has 1 heterocycles. The molecule has 1 saturated heterocycles. The molecule has 0 aromatic heterocycles. The number of hydrogen-bond acceptors (Lipinski definition) is 6. The number of nitrogens with zero attached hydrogens (tertiary/aromatic N) is 1. The van der Waals surface area contributed by atoms with Crippen LogP contribution in [0.1, 0.15) is 79.6 Å². The molecule has 2 fully saturated rings. The lowest BCUT2D eigenvalue weighted by Crippen LogP contribution is -2.60. The first kappa shape index (κ1) is 27.8. The summed E-state index contributed by atoms with van der Waals surface area (Å²) in [5.41, 5.74) is 5.99. The van der Waals surface area contributed by atoms with E-state index in [2.05, 4.69) is 24.5 Å². The number of carbonyl (C=O) groups is 3. The Bertz CT molecular complexity index is 665. The summed E-state index contributed by atoms with van der Waals surface area (Å²) < 4.78 is 4.64. The van der Waals surface area contributed by atoms with Crippen LogP contribution in [-0.4, -0.2) is 70.6 Å². The molecular formula is C24H44N4O4S. The van der Waals surface area contributed by atoms with E-state index >= 15 is 0 Å². The number of likely N-dealkylation sites (tertiary alicyclic amines) is 1. The second-order valence-electron chi connectivity index (χ2n) is 10.2. The van der Waals surface area contributed by atoms with Gasteiger partial charge in [-0.1, -0.05) is 20.8 Å². The summed E-state index contributed by atoms with van der Waals surface area (Å²) in [6.45, 7) is 11.4. The van der Waals surface area contributed by atoms with E-state index in [9.17, 15) is 14.4 Å². The third-order valence-corrected chi connectivity index (χ3v) is 7.79. The zero-order valence-electron chi connectivity index (χ0n) is 21.0. The summed E-state index contributed by atoms with van der Waals surface area (Å²) in [5, 5.41) is 6.15. The number of nitrogens with two attached hydrogens (primary N) is 1. The predicted octanol–water partition coefficient (Wildman–Crippen LogP) is 3.04. The molecule has 190 valence electrons. The third-order valence-electron chi connectivity index (χ3n) is 6.48. The average Bonchev–Trinajstić information content (AvgIpc) is 3.24. The highest BCUT2D eigenvalue weighted by Crippen LogP contribution is 2.34. The van der Waals surface area contributed by atoms with Crippen LogP contribution in [0.2, 0.25) is 0 Å². The molecule has 2 aliphatic rings. The highest BCUT2D eigenvalue weighted by molar-refractivity contribution is 8.01. The van der Waals surface area contributed by atoms with Gasteiger partial charge < -0.3 is 26.0 Å². The van der Waals surface area contributed by atoms with E-state index in [1.165, 1.54) is 0 Å². The minimum Gasteiger partial charge on any atom is -0.450 e. The number of hydrogen-bond donors (Lipinski definition) is 3. The Morgan fingerprint density at radius 2 is 1.82 bits per heavy atom. The predicted molar refractivity (Wildman–Crippen MR) is 133 cm³/mol. The number of alkyl carbamates (subject to hydrolysis) is 1. The first-order valence-electron chi connectivity index (χ1n) is 12.5.